The lowest BCUT2D eigenvalue weighted by Gasteiger charge is -2.23. The highest BCUT2D eigenvalue weighted by atomic mass is 31.2. The fraction of sp³-hybridized carbons (Fsp3) is 0.524. The smallest absolute Gasteiger partial charge is 0.394 e. The molecule has 0 radical (unpaired) electrons. The van der Waals surface area contributed by atoms with Crippen LogP contribution in [-0.2, 0) is 32.4 Å². The van der Waals surface area contributed by atoms with Gasteiger partial charge in [-0.15, -0.1) is 0 Å². The Morgan fingerprint density at radius 1 is 1.13 bits per heavy atom. The van der Waals surface area contributed by atoms with Crippen molar-refractivity contribution in [2.45, 2.75) is 49.5 Å². The number of nitrogens with two attached hydrogens (primary N) is 2. The molecule has 2 fully saturated rings. The molecule has 0 aromatic carbocycles. The van der Waals surface area contributed by atoms with Crippen LogP contribution in [0.25, 0.3) is 22.3 Å². The summed E-state index contributed by atoms with van der Waals surface area (Å²) in [6.45, 7) is -1.44. The van der Waals surface area contributed by atoms with Crippen molar-refractivity contribution in [1.82, 2.24) is 39.0 Å². The summed E-state index contributed by atoms with van der Waals surface area (Å²) in [5, 5.41) is 9.82. The van der Waals surface area contributed by atoms with E-state index in [1.165, 1.54) is 21.8 Å². The summed E-state index contributed by atoms with van der Waals surface area (Å²) in [6, 6.07) is 0. The van der Waals surface area contributed by atoms with Crippen molar-refractivity contribution >= 4 is 49.9 Å². The van der Waals surface area contributed by atoms with E-state index in [-0.39, 0.29) is 40.5 Å². The van der Waals surface area contributed by atoms with E-state index in [1.807, 2.05) is 0 Å². The van der Waals surface area contributed by atoms with Crippen LogP contribution >= 0.6 is 15.9 Å². The molecule has 0 saturated carbocycles. The first-order valence-corrected chi connectivity index (χ1v) is 16.2. The number of rotatable bonds is 11. The molecule has 2 saturated heterocycles. The molecule has 2 aliphatic heterocycles. The molecule has 4 aromatic heterocycles. The fourth-order valence-electron chi connectivity index (χ4n) is 5.13. The Balaban J connectivity index is 1.16. The molecule has 244 valence electrons. The van der Waals surface area contributed by atoms with Crippen LogP contribution in [0.1, 0.15) is 18.9 Å². The van der Waals surface area contributed by atoms with Crippen molar-refractivity contribution in [2.24, 2.45) is 0 Å². The summed E-state index contributed by atoms with van der Waals surface area (Å²) in [4.78, 5) is 54.3. The number of imidazole rings is 2. The van der Waals surface area contributed by atoms with Gasteiger partial charge >= 0.3 is 7.82 Å². The van der Waals surface area contributed by atoms with Crippen LogP contribution in [-0.4, -0.2) is 104 Å². The highest BCUT2D eigenvalue weighted by Crippen LogP contribution is 2.50. The first-order valence-electron chi connectivity index (χ1n) is 13.2. The molecular weight excluding hydrogens is 649 g/mol. The molecule has 4 aromatic rings. The molecule has 24 heteroatoms. The molecule has 0 spiro atoms. The second-order valence-corrected chi connectivity index (χ2v) is 12.5. The number of aliphatic hydroxyl groups is 1. The van der Waals surface area contributed by atoms with Crippen molar-refractivity contribution in [3.8, 4) is 0 Å². The third kappa shape index (κ3) is 6.21. The van der Waals surface area contributed by atoms with Gasteiger partial charge in [-0.25, -0.2) is 28.9 Å². The van der Waals surface area contributed by atoms with Gasteiger partial charge in [0.25, 0.3) is 5.56 Å². The zero-order chi connectivity index (χ0) is 32.0. The van der Waals surface area contributed by atoms with Crippen LogP contribution in [0.2, 0.25) is 0 Å². The molecule has 0 amide bonds. The van der Waals surface area contributed by atoms with E-state index in [2.05, 4.69) is 29.9 Å². The van der Waals surface area contributed by atoms with Gasteiger partial charge in [-0.1, -0.05) is 0 Å². The SMILES string of the molecule is Nc1nc2c(ncn2[C@H]2CC(OC[PH](=O)O)[C@@H](COP(=O)(O)OC3C(F)[C@H](n4cnc5c(N)ncnc54)O[C@@H]3CO)O2)c(=O)[nH]1. The Morgan fingerprint density at radius 2 is 1.89 bits per heavy atom. The summed E-state index contributed by atoms with van der Waals surface area (Å²) < 4.78 is 69.8. The molecule has 21 nitrogen and oxygen atoms in total. The number of anilines is 2. The van der Waals surface area contributed by atoms with Crippen LogP contribution in [0.3, 0.4) is 0 Å². The van der Waals surface area contributed by atoms with E-state index in [9.17, 15) is 28.8 Å². The highest BCUT2D eigenvalue weighted by Gasteiger charge is 2.51. The van der Waals surface area contributed by atoms with Gasteiger partial charge in [0.2, 0.25) is 14.0 Å². The molecule has 6 heterocycles. The third-order valence-corrected chi connectivity index (χ3v) is 8.53. The number of phosphoric ester groups is 1. The average molecular weight is 676 g/mol. The number of alkyl halides is 1. The van der Waals surface area contributed by atoms with Crippen LogP contribution in [0.15, 0.2) is 23.8 Å². The molecule has 8 N–H and O–H groups in total. The number of hydrogen-bond donors (Lipinski definition) is 6. The van der Waals surface area contributed by atoms with E-state index in [0.717, 1.165) is 6.33 Å². The number of halogens is 1. The van der Waals surface area contributed by atoms with Gasteiger partial charge in [0.15, 0.2) is 35.0 Å². The number of aliphatic hydroxyl groups excluding tert-OH is 1. The van der Waals surface area contributed by atoms with Gasteiger partial charge in [0, 0.05) is 6.42 Å². The summed E-state index contributed by atoms with van der Waals surface area (Å²) >= 11 is 0. The minimum Gasteiger partial charge on any atom is -0.394 e. The Bertz CT molecular complexity index is 1840. The molecule has 0 aliphatic carbocycles. The number of hydrogen-bond acceptors (Lipinski definition) is 16. The van der Waals surface area contributed by atoms with Crippen molar-refractivity contribution in [3.63, 3.8) is 0 Å². The van der Waals surface area contributed by atoms with E-state index in [1.54, 1.807) is 0 Å². The lowest BCUT2D eigenvalue weighted by molar-refractivity contribution is -0.0617. The predicted octanol–water partition coefficient (Wildman–Crippen LogP) is -1.05. The van der Waals surface area contributed by atoms with Crippen molar-refractivity contribution in [1.29, 1.82) is 0 Å². The number of nitrogens with one attached hydrogen (secondary N) is 1. The number of fused-ring (bicyclic) bond motifs is 2. The lowest BCUT2D eigenvalue weighted by Crippen LogP contribution is -2.34. The third-order valence-electron chi connectivity index (χ3n) is 7.13. The van der Waals surface area contributed by atoms with Gasteiger partial charge in [-0.3, -0.25) is 32.5 Å². The van der Waals surface area contributed by atoms with Crippen molar-refractivity contribution in [2.75, 3.05) is 31.0 Å². The summed E-state index contributed by atoms with van der Waals surface area (Å²) in [5.41, 5.74) is 11.2. The molecule has 6 rings (SSSR count). The maximum Gasteiger partial charge on any atom is 0.472 e. The largest absolute Gasteiger partial charge is 0.472 e. The van der Waals surface area contributed by atoms with E-state index in [4.69, 9.17) is 34.7 Å². The van der Waals surface area contributed by atoms with Crippen LogP contribution < -0.4 is 17.0 Å². The Kier molecular flexibility index (Phi) is 8.69. The number of aromatic nitrogens is 8. The van der Waals surface area contributed by atoms with Crippen LogP contribution in [0.5, 0.6) is 0 Å². The quantitative estimate of drug-likeness (QED) is 0.103. The summed E-state index contributed by atoms with van der Waals surface area (Å²) in [7, 11) is -8.14. The maximum absolute atomic E-state index is 15.7. The molecule has 5 unspecified atom stereocenters. The monoisotopic (exact) mass is 676 g/mol. The van der Waals surface area contributed by atoms with E-state index < -0.39 is 84.0 Å². The average Bonchev–Trinajstić information content (AvgIpc) is 3.76. The van der Waals surface area contributed by atoms with Gasteiger partial charge in [-0.05, 0) is 0 Å². The Hall–Kier alpha value is -3.43. The van der Waals surface area contributed by atoms with E-state index >= 15 is 4.39 Å². The summed E-state index contributed by atoms with van der Waals surface area (Å²) in [6.07, 6.45) is -6.67. The number of nitrogen functional groups attached to an aromatic ring is 2. The highest BCUT2D eigenvalue weighted by molar-refractivity contribution is 7.47. The fourth-order valence-corrected chi connectivity index (χ4v) is 6.44. The Labute approximate surface area is 250 Å². The topological polar surface area (TPSA) is 300 Å². The van der Waals surface area contributed by atoms with Crippen molar-refractivity contribution < 1.29 is 51.7 Å². The maximum atomic E-state index is 15.7. The molecular formula is C21H27FN10O11P2. The molecule has 2 aliphatic rings. The Morgan fingerprint density at radius 3 is 2.64 bits per heavy atom. The minimum absolute atomic E-state index is 0.0177. The van der Waals surface area contributed by atoms with Gasteiger partial charge in [-0.2, -0.15) is 4.98 Å². The normalized spacial score (nSPS) is 29.0. The first kappa shape index (κ1) is 31.5. The molecule has 45 heavy (non-hydrogen) atoms. The van der Waals surface area contributed by atoms with E-state index in [0.29, 0.717) is 0 Å². The number of phosphoric acid groups is 1. The standard InChI is InChI=1S/C21H27FN10O11P2/c22-12-15(9(2-33)42-20(12)32-6-27-13-16(23)25-4-26-17(13)32)43-45(37,38)40-3-10-8(39-7-44(35)36)1-11(41-10)31-5-28-14-18(31)29-21(24)30-19(14)34/h4-6,8-12,15,20,33,44H,1-3,7H2,(H,35,36)(H,37,38)(H2,23,25,26)(H3,24,29,30,34)/t8?,9-,10-,11-,12?,15?,20-/m1/s1. The summed E-state index contributed by atoms with van der Waals surface area (Å²) in [5.74, 6) is -0.145. The van der Waals surface area contributed by atoms with Crippen LogP contribution in [0.4, 0.5) is 16.2 Å². The second-order valence-electron chi connectivity index (χ2n) is 9.99. The number of aromatic amines is 1. The lowest BCUT2D eigenvalue weighted by atomic mass is 10.1. The first-order chi connectivity index (χ1) is 21.5. The van der Waals surface area contributed by atoms with Crippen LogP contribution in [0, 0.1) is 0 Å². The molecule has 0 bridgehead atoms. The number of ether oxygens (including phenoxy) is 3. The zero-order valence-corrected chi connectivity index (χ0v) is 24.7. The molecule has 9 atom stereocenters. The van der Waals surface area contributed by atoms with Gasteiger partial charge in [0.1, 0.15) is 42.7 Å². The van der Waals surface area contributed by atoms with Gasteiger partial charge in [0.05, 0.1) is 32.0 Å². The number of H-pyrrole nitrogens is 1. The predicted molar refractivity (Wildman–Crippen MR) is 148 cm³/mol. The zero-order valence-electron chi connectivity index (χ0n) is 22.8. The van der Waals surface area contributed by atoms with Gasteiger partial charge < -0.3 is 40.6 Å². The number of nitrogens with zero attached hydrogens (tertiary/aromatic N) is 7. The minimum atomic E-state index is -5.07. The second kappa shape index (κ2) is 12.4. The van der Waals surface area contributed by atoms with Crippen molar-refractivity contribution in [3.05, 3.63) is 29.3 Å².